The minimum atomic E-state index is 0.916. The highest BCUT2D eigenvalue weighted by Crippen LogP contribution is 2.32. The lowest BCUT2D eigenvalue weighted by Crippen LogP contribution is -1.80. The zero-order valence-electron chi connectivity index (χ0n) is 8.45. The summed E-state index contributed by atoms with van der Waals surface area (Å²) in [7, 11) is 0. The van der Waals surface area contributed by atoms with Crippen LogP contribution in [0.2, 0.25) is 0 Å². The number of hydrogen-bond acceptors (Lipinski definition) is 3. The Hall–Kier alpha value is -0.320. The van der Waals surface area contributed by atoms with Gasteiger partial charge in [0.1, 0.15) is 4.60 Å². The molecular formula is C11H10BrNS2. The molecule has 1 heterocycles. The molecule has 1 aromatic heterocycles. The number of halogens is 1. The topological polar surface area (TPSA) is 12.9 Å². The zero-order valence-corrected chi connectivity index (χ0v) is 11.7. The molecule has 0 aliphatic carbocycles. The molecule has 1 nitrogen and oxygen atoms in total. The largest absolute Gasteiger partial charge is 0.222 e. The molecule has 0 saturated carbocycles. The van der Waals surface area contributed by atoms with Crippen LogP contribution in [0, 0.1) is 13.8 Å². The average molecular weight is 300 g/mol. The van der Waals surface area contributed by atoms with E-state index in [-0.39, 0.29) is 0 Å². The van der Waals surface area contributed by atoms with E-state index in [1.165, 1.54) is 16.0 Å². The standard InChI is InChI=1S/C11H10BrNS2/c1-7-3-4-9(5-8(7)2)15-11-13-10(12)6-14-11/h3-6H,1-2H3. The van der Waals surface area contributed by atoms with Gasteiger partial charge in [-0.1, -0.05) is 17.8 Å². The van der Waals surface area contributed by atoms with E-state index in [9.17, 15) is 0 Å². The molecule has 2 rings (SSSR count). The van der Waals surface area contributed by atoms with E-state index >= 15 is 0 Å². The normalized spacial score (nSPS) is 10.6. The fourth-order valence-corrected chi connectivity index (χ4v) is 3.60. The Morgan fingerprint density at radius 3 is 2.67 bits per heavy atom. The molecule has 0 atom stereocenters. The molecule has 0 amide bonds. The van der Waals surface area contributed by atoms with Gasteiger partial charge < -0.3 is 0 Å². The van der Waals surface area contributed by atoms with Crippen molar-refractivity contribution in [2.45, 2.75) is 23.1 Å². The molecule has 0 radical (unpaired) electrons. The lowest BCUT2D eigenvalue weighted by molar-refractivity contribution is 1.20. The van der Waals surface area contributed by atoms with Crippen LogP contribution in [0.3, 0.4) is 0 Å². The highest BCUT2D eigenvalue weighted by Gasteiger charge is 2.03. The minimum absolute atomic E-state index is 0.916. The maximum absolute atomic E-state index is 4.36. The van der Waals surface area contributed by atoms with Crippen LogP contribution in [-0.4, -0.2) is 4.98 Å². The lowest BCUT2D eigenvalue weighted by atomic mass is 10.1. The molecule has 0 aliphatic heterocycles. The molecular weight excluding hydrogens is 290 g/mol. The summed E-state index contributed by atoms with van der Waals surface area (Å²) in [5.41, 5.74) is 2.66. The predicted octanol–water partition coefficient (Wildman–Crippen LogP) is 4.67. The van der Waals surface area contributed by atoms with Gasteiger partial charge in [-0.3, -0.25) is 0 Å². The van der Waals surface area contributed by atoms with Gasteiger partial charge in [0.15, 0.2) is 4.34 Å². The fourth-order valence-electron chi connectivity index (χ4n) is 1.16. The molecule has 1 aromatic carbocycles. The molecule has 0 aliphatic rings. The Morgan fingerprint density at radius 1 is 1.27 bits per heavy atom. The first-order chi connectivity index (χ1) is 7.15. The van der Waals surface area contributed by atoms with Gasteiger partial charge in [0.05, 0.1) is 0 Å². The Kier molecular flexibility index (Phi) is 3.49. The van der Waals surface area contributed by atoms with Crippen LogP contribution in [0.1, 0.15) is 11.1 Å². The summed E-state index contributed by atoms with van der Waals surface area (Å²) in [5, 5.41) is 2.00. The summed E-state index contributed by atoms with van der Waals surface area (Å²) < 4.78 is 1.99. The third-order valence-corrected chi connectivity index (χ3v) is 4.78. The number of rotatable bonds is 2. The highest BCUT2D eigenvalue weighted by atomic mass is 79.9. The average Bonchev–Trinajstić information content (AvgIpc) is 2.58. The van der Waals surface area contributed by atoms with E-state index in [4.69, 9.17) is 0 Å². The van der Waals surface area contributed by atoms with Gasteiger partial charge in [-0.2, -0.15) is 0 Å². The van der Waals surface area contributed by atoms with E-state index in [1.807, 2.05) is 5.38 Å². The van der Waals surface area contributed by atoms with Crippen LogP contribution in [0.15, 0.2) is 37.4 Å². The van der Waals surface area contributed by atoms with E-state index in [2.05, 4.69) is 53.0 Å². The predicted molar refractivity (Wildman–Crippen MR) is 69.9 cm³/mol. The van der Waals surface area contributed by atoms with Crippen LogP contribution < -0.4 is 0 Å². The van der Waals surface area contributed by atoms with Gasteiger partial charge in [0.2, 0.25) is 0 Å². The van der Waals surface area contributed by atoms with E-state index in [1.54, 1.807) is 23.1 Å². The van der Waals surface area contributed by atoms with Crippen LogP contribution in [0.4, 0.5) is 0 Å². The number of nitrogens with zero attached hydrogens (tertiary/aromatic N) is 1. The quantitative estimate of drug-likeness (QED) is 0.799. The molecule has 0 spiro atoms. The number of hydrogen-bond donors (Lipinski definition) is 0. The van der Waals surface area contributed by atoms with Crippen LogP contribution in [-0.2, 0) is 0 Å². The maximum Gasteiger partial charge on any atom is 0.155 e. The summed E-state index contributed by atoms with van der Waals surface area (Å²) in [6.07, 6.45) is 0. The molecule has 0 bridgehead atoms. The highest BCUT2D eigenvalue weighted by molar-refractivity contribution is 9.10. The molecule has 2 aromatic rings. The van der Waals surface area contributed by atoms with E-state index < -0.39 is 0 Å². The first-order valence-electron chi connectivity index (χ1n) is 4.51. The van der Waals surface area contributed by atoms with Crippen molar-refractivity contribution >= 4 is 39.0 Å². The number of aromatic nitrogens is 1. The number of benzene rings is 1. The van der Waals surface area contributed by atoms with Gasteiger partial charge in [-0.25, -0.2) is 4.98 Å². The third-order valence-electron chi connectivity index (χ3n) is 2.14. The van der Waals surface area contributed by atoms with Crippen molar-refractivity contribution < 1.29 is 0 Å². The van der Waals surface area contributed by atoms with Gasteiger partial charge in [0, 0.05) is 10.3 Å². The number of thiazole rings is 1. The molecule has 78 valence electrons. The van der Waals surface area contributed by atoms with Crippen molar-refractivity contribution in [1.82, 2.24) is 4.98 Å². The molecule has 15 heavy (non-hydrogen) atoms. The Labute approximate surface area is 106 Å². The second-order valence-electron chi connectivity index (χ2n) is 3.28. The van der Waals surface area contributed by atoms with Gasteiger partial charge in [0.25, 0.3) is 0 Å². The molecule has 0 fully saturated rings. The smallest absolute Gasteiger partial charge is 0.155 e. The van der Waals surface area contributed by atoms with Gasteiger partial charge in [-0.05, 0) is 53.0 Å². The SMILES string of the molecule is Cc1ccc(Sc2nc(Br)cs2)cc1C. The monoisotopic (exact) mass is 299 g/mol. The van der Waals surface area contributed by atoms with Crippen molar-refractivity contribution in [3.63, 3.8) is 0 Å². The molecule has 0 unspecified atom stereocenters. The van der Waals surface area contributed by atoms with Crippen LogP contribution in [0.5, 0.6) is 0 Å². The van der Waals surface area contributed by atoms with Crippen molar-refractivity contribution in [2.75, 3.05) is 0 Å². The van der Waals surface area contributed by atoms with Crippen molar-refractivity contribution in [3.8, 4) is 0 Å². The molecule has 4 heteroatoms. The van der Waals surface area contributed by atoms with E-state index in [0.29, 0.717) is 0 Å². The molecule has 0 saturated heterocycles. The minimum Gasteiger partial charge on any atom is -0.222 e. The summed E-state index contributed by atoms with van der Waals surface area (Å²) >= 11 is 6.73. The Bertz CT molecular complexity index is 479. The summed E-state index contributed by atoms with van der Waals surface area (Å²) in [5.74, 6) is 0. The summed E-state index contributed by atoms with van der Waals surface area (Å²) in [6.45, 7) is 4.26. The zero-order chi connectivity index (χ0) is 10.8. The number of aryl methyl sites for hydroxylation is 2. The van der Waals surface area contributed by atoms with Crippen molar-refractivity contribution in [3.05, 3.63) is 39.3 Å². The van der Waals surface area contributed by atoms with Crippen molar-refractivity contribution in [1.29, 1.82) is 0 Å². The molecule has 0 N–H and O–H groups in total. The second kappa shape index (κ2) is 4.68. The first kappa shape index (κ1) is 11.2. The van der Waals surface area contributed by atoms with Crippen LogP contribution in [0.25, 0.3) is 0 Å². The van der Waals surface area contributed by atoms with Crippen molar-refractivity contribution in [2.24, 2.45) is 0 Å². The summed E-state index contributed by atoms with van der Waals surface area (Å²) in [4.78, 5) is 5.61. The first-order valence-corrected chi connectivity index (χ1v) is 7.00. The fraction of sp³-hybridized carbons (Fsp3) is 0.182. The maximum atomic E-state index is 4.36. The summed E-state index contributed by atoms with van der Waals surface area (Å²) in [6, 6.07) is 6.50. The van der Waals surface area contributed by atoms with E-state index in [0.717, 1.165) is 8.94 Å². The van der Waals surface area contributed by atoms with Gasteiger partial charge >= 0.3 is 0 Å². The Morgan fingerprint density at radius 2 is 2.07 bits per heavy atom. The second-order valence-corrected chi connectivity index (χ2v) is 6.28. The Balaban J connectivity index is 2.21. The van der Waals surface area contributed by atoms with Gasteiger partial charge in [-0.15, -0.1) is 11.3 Å². The lowest BCUT2D eigenvalue weighted by Gasteiger charge is -2.02. The third kappa shape index (κ3) is 2.83. The van der Waals surface area contributed by atoms with Crippen LogP contribution >= 0.6 is 39.0 Å².